The van der Waals surface area contributed by atoms with E-state index < -0.39 is 0 Å². The normalized spacial score (nSPS) is 25.3. The van der Waals surface area contributed by atoms with Crippen LogP contribution in [0.25, 0.3) is 0 Å². The third-order valence-electron chi connectivity index (χ3n) is 3.43. The Balaban J connectivity index is 2.35. The summed E-state index contributed by atoms with van der Waals surface area (Å²) in [5.41, 5.74) is 0. The van der Waals surface area contributed by atoms with E-state index in [1.54, 1.807) is 0 Å². The molecule has 0 aromatic rings. The van der Waals surface area contributed by atoms with Crippen LogP contribution in [0.15, 0.2) is 0 Å². The summed E-state index contributed by atoms with van der Waals surface area (Å²) in [7, 11) is 0. The van der Waals surface area contributed by atoms with Gasteiger partial charge < -0.3 is 9.84 Å². The van der Waals surface area contributed by atoms with E-state index >= 15 is 0 Å². The van der Waals surface area contributed by atoms with Crippen LogP contribution < -0.4 is 0 Å². The molecule has 16 heavy (non-hydrogen) atoms. The molecule has 3 heteroatoms. The topological polar surface area (TPSA) is 32.7 Å². The molecule has 1 N–H and O–H groups in total. The third kappa shape index (κ3) is 4.81. The van der Waals surface area contributed by atoms with Crippen LogP contribution in [-0.2, 0) is 4.74 Å². The molecule has 0 amide bonds. The number of hydrogen-bond acceptors (Lipinski definition) is 3. The number of β-amino-alcohol motifs (C(OH)–C–C–N with tert-alkyl or cyclic N) is 1. The summed E-state index contributed by atoms with van der Waals surface area (Å²) in [5, 5.41) is 9.87. The number of likely N-dealkylation sites (tertiary alicyclic amines) is 1. The molecule has 2 atom stereocenters. The van der Waals surface area contributed by atoms with E-state index in [9.17, 15) is 5.11 Å². The molecule has 3 nitrogen and oxygen atoms in total. The lowest BCUT2D eigenvalue weighted by Crippen LogP contribution is -2.41. The second-order valence-electron chi connectivity index (χ2n) is 4.72. The number of nitrogens with zero attached hydrogens (tertiary/aromatic N) is 1. The van der Waals surface area contributed by atoms with Crippen molar-refractivity contribution in [1.29, 1.82) is 0 Å². The van der Waals surface area contributed by atoms with Gasteiger partial charge >= 0.3 is 0 Å². The third-order valence-corrected chi connectivity index (χ3v) is 3.43. The first-order valence-corrected chi connectivity index (χ1v) is 6.77. The molecule has 2 unspecified atom stereocenters. The highest BCUT2D eigenvalue weighted by molar-refractivity contribution is 4.76. The summed E-state index contributed by atoms with van der Waals surface area (Å²) in [6, 6.07) is 0.666. The summed E-state index contributed by atoms with van der Waals surface area (Å²) < 4.78 is 5.26. The van der Waals surface area contributed by atoms with Crippen molar-refractivity contribution < 1.29 is 9.84 Å². The highest BCUT2D eigenvalue weighted by Crippen LogP contribution is 2.19. The van der Waals surface area contributed by atoms with Crippen molar-refractivity contribution in [2.45, 2.75) is 58.1 Å². The van der Waals surface area contributed by atoms with Gasteiger partial charge in [0.2, 0.25) is 0 Å². The lowest BCUT2D eigenvalue weighted by molar-refractivity contribution is 0.0124. The molecule has 0 aliphatic carbocycles. The maximum atomic E-state index is 9.87. The van der Waals surface area contributed by atoms with Crippen molar-refractivity contribution in [3.63, 3.8) is 0 Å². The fraction of sp³-hybridized carbons (Fsp3) is 1.00. The van der Waals surface area contributed by atoms with Gasteiger partial charge in [0.15, 0.2) is 0 Å². The van der Waals surface area contributed by atoms with Crippen LogP contribution in [0.5, 0.6) is 0 Å². The van der Waals surface area contributed by atoms with Gasteiger partial charge in [0.25, 0.3) is 0 Å². The first-order chi connectivity index (χ1) is 7.77. The molecule has 0 saturated carbocycles. The van der Waals surface area contributed by atoms with Gasteiger partial charge in [0, 0.05) is 19.2 Å². The Labute approximate surface area is 99.8 Å². The van der Waals surface area contributed by atoms with Crippen molar-refractivity contribution in [3.8, 4) is 0 Å². The highest BCUT2D eigenvalue weighted by atomic mass is 16.5. The van der Waals surface area contributed by atoms with Crippen molar-refractivity contribution in [1.82, 2.24) is 4.90 Å². The summed E-state index contributed by atoms with van der Waals surface area (Å²) in [4.78, 5) is 2.46. The molecule has 1 aliphatic heterocycles. The fourth-order valence-electron chi connectivity index (χ4n) is 2.52. The molecule has 0 radical (unpaired) electrons. The maximum absolute atomic E-state index is 9.87. The van der Waals surface area contributed by atoms with E-state index in [1.807, 2.05) is 6.92 Å². The van der Waals surface area contributed by atoms with Crippen molar-refractivity contribution >= 4 is 0 Å². The molecule has 1 aliphatic rings. The second-order valence-corrected chi connectivity index (χ2v) is 4.72. The molecule has 0 spiro atoms. The van der Waals surface area contributed by atoms with Crippen molar-refractivity contribution in [3.05, 3.63) is 0 Å². The predicted octanol–water partition coefficient (Wildman–Crippen LogP) is 2.04. The molecule has 0 aromatic heterocycles. The summed E-state index contributed by atoms with van der Waals surface area (Å²) in [6.07, 6.45) is 6.12. The standard InChI is InChI=1S/C13H27NO2/c1-3-12-8-6-5-7-9-14(12)10-13(15)11-16-4-2/h12-13,15H,3-11H2,1-2H3. The molecular formula is C13H27NO2. The minimum Gasteiger partial charge on any atom is -0.389 e. The molecular weight excluding hydrogens is 202 g/mol. The van der Waals surface area contributed by atoms with Gasteiger partial charge in [-0.1, -0.05) is 19.8 Å². The number of hydrogen-bond donors (Lipinski definition) is 1. The van der Waals surface area contributed by atoms with Gasteiger partial charge in [-0.2, -0.15) is 0 Å². The van der Waals surface area contributed by atoms with Crippen LogP contribution in [-0.4, -0.2) is 48.5 Å². The van der Waals surface area contributed by atoms with Gasteiger partial charge in [0.05, 0.1) is 12.7 Å². The zero-order valence-corrected chi connectivity index (χ0v) is 10.8. The minimum atomic E-state index is -0.327. The van der Waals surface area contributed by atoms with Crippen LogP contribution in [0.1, 0.15) is 46.0 Å². The van der Waals surface area contributed by atoms with E-state index in [0.717, 1.165) is 13.1 Å². The SMILES string of the molecule is CCOCC(O)CN1CCCCCC1CC. The Kier molecular flexibility index (Phi) is 7.01. The zero-order valence-electron chi connectivity index (χ0n) is 10.8. The average Bonchev–Trinajstić information content (AvgIpc) is 2.51. The number of aliphatic hydroxyl groups is 1. The van der Waals surface area contributed by atoms with Crippen LogP contribution in [0.3, 0.4) is 0 Å². The van der Waals surface area contributed by atoms with E-state index in [4.69, 9.17) is 4.74 Å². The minimum absolute atomic E-state index is 0.327. The second kappa shape index (κ2) is 8.04. The predicted molar refractivity (Wildman–Crippen MR) is 66.6 cm³/mol. The highest BCUT2D eigenvalue weighted by Gasteiger charge is 2.21. The molecule has 1 saturated heterocycles. The van der Waals surface area contributed by atoms with E-state index in [-0.39, 0.29) is 6.10 Å². The van der Waals surface area contributed by atoms with Crippen LogP contribution >= 0.6 is 0 Å². The largest absolute Gasteiger partial charge is 0.389 e. The van der Waals surface area contributed by atoms with Gasteiger partial charge in [0.1, 0.15) is 0 Å². The Morgan fingerprint density at radius 1 is 1.31 bits per heavy atom. The molecule has 1 rings (SSSR count). The van der Waals surface area contributed by atoms with Gasteiger partial charge in [-0.15, -0.1) is 0 Å². The van der Waals surface area contributed by atoms with Crippen molar-refractivity contribution in [2.24, 2.45) is 0 Å². The average molecular weight is 229 g/mol. The maximum Gasteiger partial charge on any atom is 0.0900 e. The lowest BCUT2D eigenvalue weighted by atomic mass is 10.1. The van der Waals surface area contributed by atoms with E-state index in [2.05, 4.69) is 11.8 Å². The first kappa shape index (κ1) is 13.9. The quantitative estimate of drug-likeness (QED) is 0.756. The van der Waals surface area contributed by atoms with E-state index in [1.165, 1.54) is 32.1 Å². The Morgan fingerprint density at radius 3 is 2.81 bits per heavy atom. The first-order valence-electron chi connectivity index (χ1n) is 6.77. The van der Waals surface area contributed by atoms with Gasteiger partial charge in [-0.05, 0) is 32.7 Å². The lowest BCUT2D eigenvalue weighted by Gasteiger charge is -2.30. The smallest absolute Gasteiger partial charge is 0.0900 e. The monoisotopic (exact) mass is 229 g/mol. The molecule has 1 heterocycles. The van der Waals surface area contributed by atoms with Crippen LogP contribution in [0.4, 0.5) is 0 Å². The molecule has 96 valence electrons. The summed E-state index contributed by atoms with van der Waals surface area (Å²) in [5.74, 6) is 0. The molecule has 0 bridgehead atoms. The number of aliphatic hydroxyl groups excluding tert-OH is 1. The van der Waals surface area contributed by atoms with Gasteiger partial charge in [-0.25, -0.2) is 0 Å². The zero-order chi connectivity index (χ0) is 11.8. The number of rotatable bonds is 6. The Morgan fingerprint density at radius 2 is 2.12 bits per heavy atom. The van der Waals surface area contributed by atoms with Crippen molar-refractivity contribution in [2.75, 3.05) is 26.3 Å². The van der Waals surface area contributed by atoms with Gasteiger partial charge in [-0.3, -0.25) is 4.90 Å². The molecule has 0 aromatic carbocycles. The summed E-state index contributed by atoms with van der Waals surface area (Å²) >= 11 is 0. The fourth-order valence-corrected chi connectivity index (χ4v) is 2.52. The van der Waals surface area contributed by atoms with Crippen LogP contribution in [0.2, 0.25) is 0 Å². The molecule has 1 fully saturated rings. The summed E-state index contributed by atoms with van der Waals surface area (Å²) in [6.45, 7) is 7.29. The van der Waals surface area contributed by atoms with Crippen LogP contribution in [0, 0.1) is 0 Å². The van der Waals surface area contributed by atoms with E-state index in [0.29, 0.717) is 19.3 Å². The number of ether oxygens (including phenoxy) is 1. The Hall–Kier alpha value is -0.120. The Bertz CT molecular complexity index is 175.